The number of aryl methyl sites for hydroxylation is 1. The summed E-state index contributed by atoms with van der Waals surface area (Å²) in [6.07, 6.45) is 1.07. The fourth-order valence-corrected chi connectivity index (χ4v) is 3.65. The minimum Gasteiger partial charge on any atom is -0.476 e. The summed E-state index contributed by atoms with van der Waals surface area (Å²) < 4.78 is 31.2. The number of carbonyl (C=O) groups excluding carboxylic acids is 1. The highest BCUT2D eigenvalue weighted by Gasteiger charge is 2.42. The minimum atomic E-state index is -3.42. The van der Waals surface area contributed by atoms with Crippen LogP contribution in [0.2, 0.25) is 5.02 Å². The number of nitrogens with one attached hydrogen (secondary N) is 1. The molecular weight excluding hydrogens is 376 g/mol. The van der Waals surface area contributed by atoms with Crippen LogP contribution >= 0.6 is 11.6 Å². The standard InChI is InChI=1S/C18H19ClN2O4S/c1-11-9-12(19)5-7-14(11)21-15-8-6-13(20-26(4,23)24)10-16(15)25-18(2,3)17(21)22/h5-10,20H,1-4H3. The molecule has 8 heteroatoms. The van der Waals surface area contributed by atoms with Crippen LogP contribution in [0, 0.1) is 6.92 Å². The van der Waals surface area contributed by atoms with E-state index in [0.29, 0.717) is 27.8 Å². The first-order valence-corrected chi connectivity index (χ1v) is 10.2. The summed E-state index contributed by atoms with van der Waals surface area (Å²) in [5, 5.41) is 0.583. The molecule has 0 bridgehead atoms. The lowest BCUT2D eigenvalue weighted by Crippen LogP contribution is -2.50. The first-order chi connectivity index (χ1) is 12.0. The number of benzene rings is 2. The molecule has 0 spiro atoms. The van der Waals surface area contributed by atoms with Gasteiger partial charge < -0.3 is 4.74 Å². The van der Waals surface area contributed by atoms with E-state index in [2.05, 4.69) is 4.72 Å². The first-order valence-electron chi connectivity index (χ1n) is 7.89. The van der Waals surface area contributed by atoms with Gasteiger partial charge in [0.2, 0.25) is 10.0 Å². The van der Waals surface area contributed by atoms with Crippen molar-refractivity contribution < 1.29 is 17.9 Å². The third-order valence-electron chi connectivity index (χ3n) is 3.99. The van der Waals surface area contributed by atoms with E-state index in [0.717, 1.165) is 11.8 Å². The summed E-state index contributed by atoms with van der Waals surface area (Å²) in [5.41, 5.74) is 1.33. The van der Waals surface area contributed by atoms with Gasteiger partial charge in [0.1, 0.15) is 5.75 Å². The number of fused-ring (bicyclic) bond motifs is 1. The highest BCUT2D eigenvalue weighted by Crippen LogP contribution is 2.44. The molecule has 2 aromatic carbocycles. The van der Waals surface area contributed by atoms with E-state index >= 15 is 0 Å². The van der Waals surface area contributed by atoms with Crippen LogP contribution in [0.3, 0.4) is 0 Å². The van der Waals surface area contributed by atoms with Crippen LogP contribution in [0.1, 0.15) is 19.4 Å². The van der Waals surface area contributed by atoms with Gasteiger partial charge in [0.05, 0.1) is 23.3 Å². The molecule has 0 radical (unpaired) electrons. The summed E-state index contributed by atoms with van der Waals surface area (Å²) in [6, 6.07) is 10.1. The van der Waals surface area contributed by atoms with Crippen molar-refractivity contribution in [2.45, 2.75) is 26.4 Å². The Balaban J connectivity index is 2.16. The lowest BCUT2D eigenvalue weighted by atomic mass is 10.0. The molecule has 1 aliphatic heterocycles. The fourth-order valence-electron chi connectivity index (χ4n) is 2.86. The van der Waals surface area contributed by atoms with Gasteiger partial charge in [-0.1, -0.05) is 11.6 Å². The largest absolute Gasteiger partial charge is 0.476 e. The SMILES string of the molecule is Cc1cc(Cl)ccc1N1C(=O)C(C)(C)Oc2cc(NS(C)(=O)=O)ccc21. The van der Waals surface area contributed by atoms with Crippen molar-refractivity contribution in [2.75, 3.05) is 15.9 Å². The predicted molar refractivity (Wildman–Crippen MR) is 103 cm³/mol. The topological polar surface area (TPSA) is 75.7 Å². The van der Waals surface area contributed by atoms with Crippen molar-refractivity contribution in [2.24, 2.45) is 0 Å². The second-order valence-electron chi connectivity index (χ2n) is 6.74. The van der Waals surface area contributed by atoms with Gasteiger partial charge in [-0.15, -0.1) is 0 Å². The molecule has 0 saturated heterocycles. The molecular formula is C18H19ClN2O4S. The highest BCUT2D eigenvalue weighted by atomic mass is 35.5. The van der Waals surface area contributed by atoms with Crippen molar-refractivity contribution in [1.29, 1.82) is 0 Å². The second-order valence-corrected chi connectivity index (χ2v) is 8.93. The molecule has 0 fully saturated rings. The molecule has 6 nitrogen and oxygen atoms in total. The smallest absolute Gasteiger partial charge is 0.275 e. The molecule has 138 valence electrons. The zero-order chi connectivity index (χ0) is 19.3. The number of ether oxygens (including phenoxy) is 1. The molecule has 26 heavy (non-hydrogen) atoms. The Kier molecular flexibility index (Phi) is 4.40. The summed E-state index contributed by atoms with van der Waals surface area (Å²) in [6.45, 7) is 5.22. The lowest BCUT2D eigenvalue weighted by Gasteiger charge is -2.39. The maximum atomic E-state index is 13.0. The van der Waals surface area contributed by atoms with E-state index in [1.54, 1.807) is 55.1 Å². The van der Waals surface area contributed by atoms with E-state index in [4.69, 9.17) is 16.3 Å². The molecule has 0 saturated carbocycles. The molecule has 3 rings (SSSR count). The number of amides is 1. The average Bonchev–Trinajstić information content (AvgIpc) is 2.48. The maximum absolute atomic E-state index is 13.0. The average molecular weight is 395 g/mol. The van der Waals surface area contributed by atoms with E-state index in [9.17, 15) is 13.2 Å². The Hall–Kier alpha value is -2.25. The number of nitrogens with zero attached hydrogens (tertiary/aromatic N) is 1. The van der Waals surface area contributed by atoms with Gasteiger partial charge >= 0.3 is 0 Å². The van der Waals surface area contributed by atoms with Crippen molar-refractivity contribution >= 4 is 44.6 Å². The van der Waals surface area contributed by atoms with Gasteiger partial charge in [-0.25, -0.2) is 8.42 Å². The monoisotopic (exact) mass is 394 g/mol. The van der Waals surface area contributed by atoms with E-state index in [1.807, 2.05) is 6.92 Å². The zero-order valence-electron chi connectivity index (χ0n) is 14.8. The Bertz CT molecular complexity index is 1000. The van der Waals surface area contributed by atoms with Gasteiger partial charge in [0.15, 0.2) is 5.60 Å². The number of rotatable bonds is 3. The van der Waals surface area contributed by atoms with Gasteiger partial charge in [-0.2, -0.15) is 0 Å². The van der Waals surface area contributed by atoms with Crippen LogP contribution in [0.4, 0.5) is 17.1 Å². The van der Waals surface area contributed by atoms with Gasteiger partial charge in [0.25, 0.3) is 5.91 Å². The molecule has 1 aliphatic rings. The number of sulfonamides is 1. The van der Waals surface area contributed by atoms with Crippen LogP contribution in [0.25, 0.3) is 0 Å². The lowest BCUT2D eigenvalue weighted by molar-refractivity contribution is -0.131. The van der Waals surface area contributed by atoms with Crippen molar-refractivity contribution in [3.63, 3.8) is 0 Å². The second kappa shape index (κ2) is 6.17. The summed E-state index contributed by atoms with van der Waals surface area (Å²) >= 11 is 6.04. The third kappa shape index (κ3) is 3.50. The Morgan fingerprint density at radius 2 is 1.77 bits per heavy atom. The van der Waals surface area contributed by atoms with E-state index in [1.165, 1.54) is 0 Å². The number of carbonyl (C=O) groups is 1. The number of anilines is 3. The summed E-state index contributed by atoms with van der Waals surface area (Å²) in [4.78, 5) is 14.6. The summed E-state index contributed by atoms with van der Waals surface area (Å²) in [7, 11) is -3.42. The molecule has 1 heterocycles. The fraction of sp³-hybridized carbons (Fsp3) is 0.278. The summed E-state index contributed by atoms with van der Waals surface area (Å²) in [5.74, 6) is 0.192. The van der Waals surface area contributed by atoms with Crippen LogP contribution in [-0.2, 0) is 14.8 Å². The normalized spacial score (nSPS) is 16.0. The third-order valence-corrected chi connectivity index (χ3v) is 4.83. The van der Waals surface area contributed by atoms with Crippen LogP contribution in [0.15, 0.2) is 36.4 Å². The molecule has 0 unspecified atom stereocenters. The minimum absolute atomic E-state index is 0.223. The first kappa shape index (κ1) is 18.5. The molecule has 0 atom stereocenters. The molecule has 0 aliphatic carbocycles. The maximum Gasteiger partial charge on any atom is 0.275 e. The number of hydrogen-bond acceptors (Lipinski definition) is 4. The molecule has 2 aromatic rings. The highest BCUT2D eigenvalue weighted by molar-refractivity contribution is 7.92. The van der Waals surface area contributed by atoms with Crippen LogP contribution < -0.4 is 14.4 Å². The van der Waals surface area contributed by atoms with Crippen LogP contribution in [0.5, 0.6) is 5.75 Å². The number of hydrogen-bond donors (Lipinski definition) is 1. The Labute approximate surface area is 157 Å². The predicted octanol–water partition coefficient (Wildman–Crippen LogP) is 3.86. The van der Waals surface area contributed by atoms with Crippen molar-refractivity contribution in [3.8, 4) is 5.75 Å². The van der Waals surface area contributed by atoms with Gasteiger partial charge in [-0.05, 0) is 56.7 Å². The Morgan fingerprint density at radius 3 is 2.38 bits per heavy atom. The van der Waals surface area contributed by atoms with Gasteiger partial charge in [-0.3, -0.25) is 14.4 Å². The number of halogens is 1. The Morgan fingerprint density at radius 1 is 1.12 bits per heavy atom. The van der Waals surface area contributed by atoms with E-state index < -0.39 is 15.6 Å². The van der Waals surface area contributed by atoms with Crippen molar-refractivity contribution in [3.05, 3.63) is 47.0 Å². The molecule has 0 aromatic heterocycles. The van der Waals surface area contributed by atoms with Gasteiger partial charge in [0, 0.05) is 11.1 Å². The quantitative estimate of drug-likeness (QED) is 0.857. The van der Waals surface area contributed by atoms with Crippen LogP contribution in [-0.4, -0.2) is 26.2 Å². The van der Waals surface area contributed by atoms with Crippen molar-refractivity contribution in [1.82, 2.24) is 0 Å². The van der Waals surface area contributed by atoms with E-state index in [-0.39, 0.29) is 5.91 Å². The molecule has 1 amide bonds. The molecule has 1 N–H and O–H groups in total. The zero-order valence-corrected chi connectivity index (χ0v) is 16.4.